The van der Waals surface area contributed by atoms with E-state index < -0.39 is 16.1 Å². The number of carbonyl (C=O) groups is 1. The Kier molecular flexibility index (Phi) is 5.07. The van der Waals surface area contributed by atoms with Crippen molar-refractivity contribution in [1.82, 2.24) is 4.31 Å². The quantitative estimate of drug-likeness (QED) is 0.808. The zero-order valence-corrected chi connectivity index (χ0v) is 14.4. The van der Waals surface area contributed by atoms with Crippen LogP contribution in [0.1, 0.15) is 19.8 Å². The fourth-order valence-electron chi connectivity index (χ4n) is 2.89. The third kappa shape index (κ3) is 3.55. The first-order valence-corrected chi connectivity index (χ1v) is 9.41. The molecule has 0 aliphatic carbocycles. The summed E-state index contributed by atoms with van der Waals surface area (Å²) in [7, 11) is -3.74. The van der Waals surface area contributed by atoms with Gasteiger partial charge in [0, 0.05) is 25.5 Å². The van der Waals surface area contributed by atoms with Crippen LogP contribution in [-0.4, -0.2) is 57.5 Å². The molecule has 2 heterocycles. The van der Waals surface area contributed by atoms with Crippen LogP contribution in [0.4, 0.5) is 0 Å². The van der Waals surface area contributed by atoms with Gasteiger partial charge in [-0.1, -0.05) is 0 Å². The van der Waals surface area contributed by atoms with Crippen molar-refractivity contribution < 1.29 is 27.4 Å². The maximum absolute atomic E-state index is 13.0. The van der Waals surface area contributed by atoms with Crippen LogP contribution in [0, 0.1) is 0 Å². The molecule has 0 saturated carbocycles. The second kappa shape index (κ2) is 7.08. The van der Waals surface area contributed by atoms with E-state index in [0.717, 1.165) is 6.42 Å². The number of benzene rings is 1. The number of nitrogens with zero attached hydrogens (tertiary/aromatic N) is 1. The molecule has 0 aromatic heterocycles. The molecule has 132 valence electrons. The molecule has 0 amide bonds. The van der Waals surface area contributed by atoms with E-state index in [9.17, 15) is 13.2 Å². The Balaban J connectivity index is 1.91. The van der Waals surface area contributed by atoms with Crippen molar-refractivity contribution in [3.63, 3.8) is 0 Å². The van der Waals surface area contributed by atoms with E-state index in [2.05, 4.69) is 0 Å². The van der Waals surface area contributed by atoms with Gasteiger partial charge >= 0.3 is 0 Å². The smallest absolute Gasteiger partial charge is 0.243 e. The van der Waals surface area contributed by atoms with Crippen LogP contribution >= 0.6 is 0 Å². The van der Waals surface area contributed by atoms with Crippen molar-refractivity contribution >= 4 is 15.8 Å². The number of morpholine rings is 1. The lowest BCUT2D eigenvalue weighted by atomic mass is 10.1. The van der Waals surface area contributed by atoms with Gasteiger partial charge in [0.15, 0.2) is 11.5 Å². The Bertz CT molecular complexity index is 717. The summed E-state index contributed by atoms with van der Waals surface area (Å²) in [6.07, 6.45) is 0.894. The molecule has 1 aromatic rings. The maximum Gasteiger partial charge on any atom is 0.243 e. The molecule has 7 nitrogen and oxygen atoms in total. The Labute approximate surface area is 141 Å². The van der Waals surface area contributed by atoms with Crippen LogP contribution in [0.25, 0.3) is 0 Å². The molecular weight excluding hydrogens is 334 g/mol. The van der Waals surface area contributed by atoms with Gasteiger partial charge < -0.3 is 14.2 Å². The van der Waals surface area contributed by atoms with Gasteiger partial charge in [-0.2, -0.15) is 4.31 Å². The maximum atomic E-state index is 13.0. The number of hydrogen-bond acceptors (Lipinski definition) is 6. The van der Waals surface area contributed by atoms with Crippen LogP contribution in [0.15, 0.2) is 23.1 Å². The average molecular weight is 355 g/mol. The highest BCUT2D eigenvalue weighted by Crippen LogP contribution is 2.33. The molecule has 1 atom stereocenters. The van der Waals surface area contributed by atoms with E-state index >= 15 is 0 Å². The minimum absolute atomic E-state index is 0.0654. The molecule has 3 rings (SSSR count). The lowest BCUT2D eigenvalue weighted by Crippen LogP contribution is -2.49. The van der Waals surface area contributed by atoms with Crippen LogP contribution in [0.2, 0.25) is 0 Å². The Hall–Kier alpha value is -1.64. The van der Waals surface area contributed by atoms with Crippen LogP contribution in [0.3, 0.4) is 0 Å². The predicted molar refractivity (Wildman–Crippen MR) is 85.8 cm³/mol. The van der Waals surface area contributed by atoms with Gasteiger partial charge in [-0.15, -0.1) is 0 Å². The van der Waals surface area contributed by atoms with Crippen LogP contribution in [0.5, 0.6) is 11.5 Å². The monoisotopic (exact) mass is 355 g/mol. The summed E-state index contributed by atoms with van der Waals surface area (Å²) < 4.78 is 43.8. The Morgan fingerprint density at radius 3 is 2.71 bits per heavy atom. The summed E-state index contributed by atoms with van der Waals surface area (Å²) in [6.45, 7) is 3.26. The van der Waals surface area contributed by atoms with Crippen molar-refractivity contribution in [1.29, 1.82) is 0 Å². The lowest BCUT2D eigenvalue weighted by molar-refractivity contribution is -0.118. The van der Waals surface area contributed by atoms with Crippen molar-refractivity contribution in [2.45, 2.75) is 30.7 Å². The number of ketones is 1. The minimum atomic E-state index is -3.74. The predicted octanol–water partition coefficient (Wildman–Crippen LogP) is 1.22. The molecule has 8 heteroatoms. The molecule has 0 bridgehead atoms. The van der Waals surface area contributed by atoms with Crippen molar-refractivity contribution in [2.24, 2.45) is 0 Å². The number of Topliss-reactive ketones (excluding diaryl/α,β-unsaturated/α-hetero) is 1. The van der Waals surface area contributed by atoms with Gasteiger partial charge in [0.1, 0.15) is 5.78 Å². The fourth-order valence-corrected chi connectivity index (χ4v) is 4.50. The summed E-state index contributed by atoms with van der Waals surface area (Å²) in [6, 6.07) is 4.16. The second-order valence-corrected chi connectivity index (χ2v) is 7.80. The van der Waals surface area contributed by atoms with Crippen molar-refractivity contribution in [3.05, 3.63) is 18.2 Å². The highest BCUT2D eigenvalue weighted by Gasteiger charge is 2.35. The van der Waals surface area contributed by atoms with E-state index in [1.165, 1.54) is 23.4 Å². The Morgan fingerprint density at radius 2 is 1.96 bits per heavy atom. The molecule has 1 saturated heterocycles. The van der Waals surface area contributed by atoms with Gasteiger partial charge in [-0.25, -0.2) is 8.42 Å². The molecule has 1 aromatic carbocycles. The number of ether oxygens (including phenoxy) is 3. The van der Waals surface area contributed by atoms with Gasteiger partial charge in [0.2, 0.25) is 10.0 Å². The summed E-state index contributed by atoms with van der Waals surface area (Å²) in [4.78, 5) is 11.6. The summed E-state index contributed by atoms with van der Waals surface area (Å²) >= 11 is 0. The molecular formula is C16H21NO6S. The largest absolute Gasteiger partial charge is 0.490 e. The SMILES string of the molecule is CC(=O)CC1COCCN1S(=O)(=O)c1ccc2c(c1)OCCCO2. The molecule has 0 N–H and O–H groups in total. The molecule has 1 unspecified atom stereocenters. The van der Waals surface area contributed by atoms with Crippen molar-refractivity contribution in [2.75, 3.05) is 33.0 Å². The summed E-state index contributed by atoms with van der Waals surface area (Å²) in [5, 5.41) is 0. The topological polar surface area (TPSA) is 82.1 Å². The van der Waals surface area contributed by atoms with Gasteiger partial charge in [0.25, 0.3) is 0 Å². The lowest BCUT2D eigenvalue weighted by Gasteiger charge is -2.34. The summed E-state index contributed by atoms with van der Waals surface area (Å²) in [5.74, 6) is 0.919. The standard InChI is InChI=1S/C16H21NO6S/c1-12(18)9-13-11-21-8-5-17(13)24(19,20)14-3-4-15-16(10-14)23-7-2-6-22-15/h3-4,10,13H,2,5-9,11H2,1H3. The van der Waals surface area contributed by atoms with E-state index in [4.69, 9.17) is 14.2 Å². The number of hydrogen-bond donors (Lipinski definition) is 0. The molecule has 24 heavy (non-hydrogen) atoms. The Morgan fingerprint density at radius 1 is 1.21 bits per heavy atom. The first kappa shape index (κ1) is 17.2. The zero-order valence-electron chi connectivity index (χ0n) is 13.6. The molecule has 2 aliphatic rings. The van der Waals surface area contributed by atoms with Crippen LogP contribution in [-0.2, 0) is 19.6 Å². The number of carbonyl (C=O) groups excluding carboxylic acids is 1. The number of rotatable bonds is 4. The number of fused-ring (bicyclic) bond motifs is 1. The third-order valence-electron chi connectivity index (χ3n) is 4.02. The van der Waals surface area contributed by atoms with E-state index in [-0.39, 0.29) is 30.3 Å². The third-order valence-corrected chi connectivity index (χ3v) is 5.97. The first-order valence-electron chi connectivity index (χ1n) is 7.97. The number of sulfonamides is 1. The second-order valence-electron chi connectivity index (χ2n) is 5.91. The molecule has 0 radical (unpaired) electrons. The average Bonchev–Trinajstić information content (AvgIpc) is 2.79. The zero-order chi connectivity index (χ0) is 17.2. The van der Waals surface area contributed by atoms with Gasteiger partial charge in [0.05, 0.1) is 37.4 Å². The minimum Gasteiger partial charge on any atom is -0.490 e. The van der Waals surface area contributed by atoms with E-state index in [1.807, 2.05) is 0 Å². The molecule has 2 aliphatic heterocycles. The van der Waals surface area contributed by atoms with Crippen LogP contribution < -0.4 is 9.47 Å². The highest BCUT2D eigenvalue weighted by molar-refractivity contribution is 7.89. The van der Waals surface area contributed by atoms with Crippen molar-refractivity contribution in [3.8, 4) is 11.5 Å². The van der Waals surface area contributed by atoms with E-state index in [0.29, 0.717) is 31.3 Å². The fraction of sp³-hybridized carbons (Fsp3) is 0.562. The normalized spacial score (nSPS) is 22.0. The molecule has 0 spiro atoms. The van der Waals surface area contributed by atoms with Gasteiger partial charge in [-0.05, 0) is 19.1 Å². The van der Waals surface area contributed by atoms with E-state index in [1.54, 1.807) is 6.07 Å². The molecule has 1 fully saturated rings. The summed E-state index contributed by atoms with van der Waals surface area (Å²) in [5.41, 5.74) is 0. The first-order chi connectivity index (χ1) is 11.5. The highest BCUT2D eigenvalue weighted by atomic mass is 32.2. The van der Waals surface area contributed by atoms with Gasteiger partial charge in [-0.3, -0.25) is 4.79 Å².